The number of nitrogens with one attached hydrogen (secondary N) is 1. The molecule has 3 heteroatoms. The average Bonchev–Trinajstić information content (AvgIpc) is 2.24. The minimum Gasteiger partial charge on any atom is -0.506 e. The molecule has 0 spiro atoms. The average molecular weight is 209 g/mol. The van der Waals surface area contributed by atoms with Gasteiger partial charge in [0.1, 0.15) is 5.75 Å². The third-order valence-corrected chi connectivity index (χ3v) is 1.78. The Kier molecular flexibility index (Phi) is 6.18. The van der Waals surface area contributed by atoms with Crippen LogP contribution < -0.4 is 5.32 Å². The maximum absolute atomic E-state index is 11.1. The van der Waals surface area contributed by atoms with E-state index in [0.717, 1.165) is 0 Å². The molecule has 0 aromatic heterocycles. The second-order valence-corrected chi connectivity index (χ2v) is 2.79. The lowest BCUT2D eigenvalue weighted by atomic mass is 10.1. The Morgan fingerprint density at radius 3 is 2.47 bits per heavy atom. The van der Waals surface area contributed by atoms with Crippen LogP contribution in [0.25, 0.3) is 0 Å². The first-order valence-electron chi connectivity index (χ1n) is 5.23. The van der Waals surface area contributed by atoms with Gasteiger partial charge in [-0.25, -0.2) is 0 Å². The van der Waals surface area contributed by atoms with E-state index in [0.29, 0.717) is 17.8 Å². The normalized spacial score (nSPS) is 8.80. The predicted molar refractivity (Wildman–Crippen MR) is 63.6 cm³/mol. The van der Waals surface area contributed by atoms with Crippen molar-refractivity contribution in [1.82, 2.24) is 0 Å². The highest BCUT2D eigenvalue weighted by Crippen LogP contribution is 2.27. The maximum atomic E-state index is 11.1. The van der Waals surface area contributed by atoms with E-state index in [1.54, 1.807) is 18.2 Å². The van der Waals surface area contributed by atoms with Crippen molar-refractivity contribution in [3.8, 4) is 5.75 Å². The Morgan fingerprint density at radius 1 is 1.40 bits per heavy atom. The molecule has 0 amide bonds. The molecule has 0 aliphatic rings. The summed E-state index contributed by atoms with van der Waals surface area (Å²) in [7, 11) is 0. The molecule has 0 unspecified atom stereocenters. The van der Waals surface area contributed by atoms with Gasteiger partial charge in [0.05, 0.1) is 5.69 Å². The summed E-state index contributed by atoms with van der Waals surface area (Å²) in [5.41, 5.74) is 1.05. The van der Waals surface area contributed by atoms with Crippen molar-refractivity contribution in [3.05, 3.63) is 23.8 Å². The zero-order chi connectivity index (χ0) is 11.8. The number of carbonyl (C=O) groups excluding carboxylic acids is 1. The number of anilines is 1. The van der Waals surface area contributed by atoms with Crippen molar-refractivity contribution in [2.45, 2.75) is 27.7 Å². The third kappa shape index (κ3) is 3.62. The van der Waals surface area contributed by atoms with Crippen molar-refractivity contribution in [1.29, 1.82) is 0 Å². The molecule has 15 heavy (non-hydrogen) atoms. The third-order valence-electron chi connectivity index (χ3n) is 1.78. The zero-order valence-corrected chi connectivity index (χ0v) is 9.79. The van der Waals surface area contributed by atoms with E-state index in [1.165, 1.54) is 6.92 Å². The number of para-hydroxylation sites is 1. The summed E-state index contributed by atoms with van der Waals surface area (Å²) in [5.74, 6) is 0.0707. The van der Waals surface area contributed by atoms with Gasteiger partial charge in [0, 0.05) is 12.1 Å². The standard InChI is InChI=1S/C10H13NO2.C2H6/c1-3-11-10-8(7(2)12)5-4-6-9(10)13;1-2/h4-6,11,13H,3H2,1-2H3;1-2H3. The molecule has 0 aliphatic heterocycles. The van der Waals surface area contributed by atoms with Crippen LogP contribution in [-0.2, 0) is 0 Å². The van der Waals surface area contributed by atoms with E-state index in [9.17, 15) is 9.90 Å². The van der Waals surface area contributed by atoms with Crippen molar-refractivity contribution < 1.29 is 9.90 Å². The summed E-state index contributed by atoms with van der Waals surface area (Å²) in [6, 6.07) is 4.91. The molecule has 84 valence electrons. The minimum atomic E-state index is -0.0492. The topological polar surface area (TPSA) is 49.3 Å². The van der Waals surface area contributed by atoms with E-state index < -0.39 is 0 Å². The van der Waals surface area contributed by atoms with E-state index in [2.05, 4.69) is 5.32 Å². The van der Waals surface area contributed by atoms with Crippen molar-refractivity contribution >= 4 is 11.5 Å². The molecule has 0 aliphatic carbocycles. The van der Waals surface area contributed by atoms with Crippen molar-refractivity contribution in [2.24, 2.45) is 0 Å². The fraction of sp³-hybridized carbons (Fsp3) is 0.417. The Balaban J connectivity index is 0.000000921. The number of phenols is 1. The minimum absolute atomic E-state index is 0.0492. The van der Waals surface area contributed by atoms with Crippen LogP contribution in [0.5, 0.6) is 5.75 Å². The molecule has 1 rings (SSSR count). The van der Waals surface area contributed by atoms with Crippen LogP contribution in [0.1, 0.15) is 38.1 Å². The Labute approximate surface area is 91.1 Å². The highest BCUT2D eigenvalue weighted by Gasteiger charge is 2.09. The van der Waals surface area contributed by atoms with Gasteiger partial charge in [-0.2, -0.15) is 0 Å². The van der Waals surface area contributed by atoms with Gasteiger partial charge in [-0.05, 0) is 26.0 Å². The molecular formula is C12H19NO2. The van der Waals surface area contributed by atoms with Crippen LogP contribution in [0.2, 0.25) is 0 Å². The second-order valence-electron chi connectivity index (χ2n) is 2.79. The molecule has 0 atom stereocenters. The smallest absolute Gasteiger partial charge is 0.162 e. The first-order chi connectivity index (χ1) is 7.16. The fourth-order valence-corrected chi connectivity index (χ4v) is 1.20. The summed E-state index contributed by atoms with van der Waals surface area (Å²) >= 11 is 0. The number of hydrogen-bond acceptors (Lipinski definition) is 3. The lowest BCUT2D eigenvalue weighted by molar-refractivity contribution is 0.101. The zero-order valence-electron chi connectivity index (χ0n) is 9.79. The molecular weight excluding hydrogens is 190 g/mol. The quantitative estimate of drug-likeness (QED) is 0.594. The summed E-state index contributed by atoms with van der Waals surface area (Å²) in [6.07, 6.45) is 0. The first-order valence-corrected chi connectivity index (χ1v) is 5.23. The summed E-state index contributed by atoms with van der Waals surface area (Å²) < 4.78 is 0. The van der Waals surface area contributed by atoms with Crippen LogP contribution in [0.15, 0.2) is 18.2 Å². The number of ketones is 1. The molecule has 0 bridgehead atoms. The monoisotopic (exact) mass is 209 g/mol. The molecule has 1 aromatic rings. The SMILES string of the molecule is CC.CCNc1c(O)cccc1C(C)=O. The van der Waals surface area contributed by atoms with Gasteiger partial charge in [0.25, 0.3) is 0 Å². The Bertz CT molecular complexity index is 321. The number of phenolic OH excluding ortho intramolecular Hbond substituents is 1. The van der Waals surface area contributed by atoms with E-state index in [4.69, 9.17) is 0 Å². The van der Waals surface area contributed by atoms with Gasteiger partial charge in [-0.15, -0.1) is 0 Å². The molecule has 0 heterocycles. The summed E-state index contributed by atoms with van der Waals surface area (Å²) in [4.78, 5) is 11.1. The van der Waals surface area contributed by atoms with Gasteiger partial charge in [-0.1, -0.05) is 19.9 Å². The van der Waals surface area contributed by atoms with Crippen LogP contribution in [0.4, 0.5) is 5.69 Å². The Morgan fingerprint density at radius 2 is 2.00 bits per heavy atom. The van der Waals surface area contributed by atoms with Gasteiger partial charge < -0.3 is 10.4 Å². The van der Waals surface area contributed by atoms with E-state index in [-0.39, 0.29) is 11.5 Å². The number of Topliss-reactive ketones (excluding diaryl/α,β-unsaturated/α-hetero) is 1. The molecule has 2 N–H and O–H groups in total. The van der Waals surface area contributed by atoms with Crippen molar-refractivity contribution in [3.63, 3.8) is 0 Å². The predicted octanol–water partition coefficient (Wildman–Crippen LogP) is 3.05. The highest BCUT2D eigenvalue weighted by molar-refractivity contribution is 6.00. The lowest BCUT2D eigenvalue weighted by Crippen LogP contribution is -2.03. The van der Waals surface area contributed by atoms with Gasteiger partial charge in [0.2, 0.25) is 0 Å². The highest BCUT2D eigenvalue weighted by atomic mass is 16.3. The first kappa shape index (κ1) is 13.5. The van der Waals surface area contributed by atoms with Gasteiger partial charge >= 0.3 is 0 Å². The molecule has 0 saturated heterocycles. The largest absolute Gasteiger partial charge is 0.506 e. The molecule has 0 fully saturated rings. The van der Waals surface area contributed by atoms with Gasteiger partial charge in [0.15, 0.2) is 5.78 Å². The lowest BCUT2D eigenvalue weighted by Gasteiger charge is -2.09. The van der Waals surface area contributed by atoms with Crippen LogP contribution in [0, 0.1) is 0 Å². The maximum Gasteiger partial charge on any atom is 0.162 e. The van der Waals surface area contributed by atoms with Crippen molar-refractivity contribution in [2.75, 3.05) is 11.9 Å². The second kappa shape index (κ2) is 6.87. The molecule has 0 saturated carbocycles. The van der Waals surface area contributed by atoms with E-state index >= 15 is 0 Å². The number of carbonyl (C=O) groups is 1. The Hall–Kier alpha value is -1.51. The number of rotatable bonds is 3. The van der Waals surface area contributed by atoms with Gasteiger partial charge in [-0.3, -0.25) is 4.79 Å². The van der Waals surface area contributed by atoms with Crippen LogP contribution in [-0.4, -0.2) is 17.4 Å². The summed E-state index contributed by atoms with van der Waals surface area (Å²) in [6.45, 7) is 8.07. The van der Waals surface area contributed by atoms with E-state index in [1.807, 2.05) is 20.8 Å². The fourth-order valence-electron chi connectivity index (χ4n) is 1.20. The molecule has 3 nitrogen and oxygen atoms in total. The van der Waals surface area contributed by atoms with Crippen LogP contribution in [0.3, 0.4) is 0 Å². The number of aromatic hydroxyl groups is 1. The number of hydrogen-bond donors (Lipinski definition) is 2. The van der Waals surface area contributed by atoms with Crippen LogP contribution >= 0.6 is 0 Å². The summed E-state index contributed by atoms with van der Waals surface area (Å²) in [5, 5.41) is 12.4. The number of benzene rings is 1. The molecule has 0 radical (unpaired) electrons. The molecule has 1 aromatic carbocycles.